The van der Waals surface area contributed by atoms with Crippen LogP contribution in [0.25, 0.3) is 0 Å². The number of halogens is 4. The monoisotopic (exact) mass is 372 g/mol. The topological polar surface area (TPSA) is 72.5 Å². The number of para-hydroxylation sites is 1. The number of rotatable bonds is 5. The summed E-state index contributed by atoms with van der Waals surface area (Å²) in [6, 6.07) is 8.05. The lowest BCUT2D eigenvalue weighted by molar-refractivity contribution is -0.120. The fourth-order valence-corrected chi connectivity index (χ4v) is 3.07. The quantitative estimate of drug-likeness (QED) is 0.488. The second-order valence-corrected chi connectivity index (χ2v) is 6.18. The molecule has 0 spiro atoms. The summed E-state index contributed by atoms with van der Waals surface area (Å²) in [7, 11) is -6.00. The van der Waals surface area contributed by atoms with Gasteiger partial charge in [0.1, 0.15) is 0 Å². The Morgan fingerprint density at radius 3 is 2.57 bits per heavy atom. The second-order valence-electron chi connectivity index (χ2n) is 4.30. The highest BCUT2D eigenvalue weighted by atomic mass is 32.2. The van der Waals surface area contributed by atoms with Gasteiger partial charge in [0.25, 0.3) is 0 Å². The van der Waals surface area contributed by atoms with Gasteiger partial charge in [-0.25, -0.2) is 0 Å². The maximum absolute atomic E-state index is 11.4. The summed E-state index contributed by atoms with van der Waals surface area (Å²) in [5, 5.41) is 2.34. The summed E-state index contributed by atoms with van der Waals surface area (Å²) >= 11 is -0.486. The number of thioether (sulfide) groups is 1. The third-order valence-electron chi connectivity index (χ3n) is 2.58. The number of amides is 1. The smallest absolute Gasteiger partial charge is 0.673 e. The minimum atomic E-state index is -6.00. The molecule has 12 heteroatoms. The van der Waals surface area contributed by atoms with Crippen molar-refractivity contribution in [1.29, 1.82) is 0 Å². The van der Waals surface area contributed by atoms with Crippen LogP contribution in [0, 0.1) is 0 Å². The van der Waals surface area contributed by atoms with E-state index < -0.39 is 18.3 Å². The number of carbonyl (C=O) groups is 1. The van der Waals surface area contributed by atoms with E-state index in [9.17, 15) is 30.8 Å². The summed E-state index contributed by atoms with van der Waals surface area (Å²) in [5.74, 6) is 0.276. The molecule has 1 aliphatic rings. The van der Waals surface area contributed by atoms with Gasteiger partial charge in [0, 0.05) is 17.9 Å². The average molecular weight is 372 g/mol. The molecule has 0 radical (unpaired) electrons. The van der Waals surface area contributed by atoms with E-state index in [1.54, 1.807) is 11.8 Å². The average Bonchev–Trinajstić information content (AvgIpc) is 2.84. The Bertz CT molecular complexity index is 556. The van der Waals surface area contributed by atoms with E-state index in [-0.39, 0.29) is 11.8 Å². The fourth-order valence-electron chi connectivity index (χ4n) is 1.71. The van der Waals surface area contributed by atoms with Crippen LogP contribution >= 0.6 is 11.8 Å². The van der Waals surface area contributed by atoms with Crippen molar-refractivity contribution in [2.24, 2.45) is 0 Å². The number of carbonyl (C=O) groups excluding carboxylic acids is 1. The first-order chi connectivity index (χ1) is 10.7. The summed E-state index contributed by atoms with van der Waals surface area (Å²) < 4.78 is 59.6. The van der Waals surface area contributed by atoms with E-state index >= 15 is 0 Å². The minimum absolute atomic E-state index is 0.242. The number of nitrogens with one attached hydrogen (secondary N) is 1. The number of nitrogens with zero attached hydrogens (tertiary/aromatic N) is 1. The molecule has 0 aromatic heterocycles. The van der Waals surface area contributed by atoms with Crippen molar-refractivity contribution in [3.63, 3.8) is 0 Å². The van der Waals surface area contributed by atoms with Gasteiger partial charge in [-0.15, -0.1) is 11.8 Å². The predicted molar refractivity (Wildman–Crippen MR) is 81.2 cm³/mol. The first-order valence-corrected chi connectivity index (χ1v) is 8.56. The van der Waals surface area contributed by atoms with Crippen LogP contribution in [0.3, 0.4) is 0 Å². The summed E-state index contributed by atoms with van der Waals surface area (Å²) in [6.07, 6.45) is 0.298. The van der Waals surface area contributed by atoms with Crippen molar-refractivity contribution >= 4 is 41.7 Å². The molecule has 2 rings (SSSR count). The van der Waals surface area contributed by atoms with E-state index in [0.29, 0.717) is 13.0 Å². The zero-order valence-electron chi connectivity index (χ0n) is 11.7. The lowest BCUT2D eigenvalue weighted by Crippen LogP contribution is -2.31. The lowest BCUT2D eigenvalue weighted by Gasteiger charge is -2.18. The van der Waals surface area contributed by atoms with Crippen molar-refractivity contribution < 1.29 is 30.8 Å². The second kappa shape index (κ2) is 9.13. The number of fused-ring (bicyclic) bond motifs is 1. The zero-order chi connectivity index (χ0) is 17.5. The minimum Gasteiger partial charge on any atom is -0.771 e. The van der Waals surface area contributed by atoms with Gasteiger partial charge in [-0.05, 0) is 23.2 Å². The van der Waals surface area contributed by atoms with Gasteiger partial charge >= 0.3 is 7.25 Å². The molecule has 1 unspecified atom stereocenters. The summed E-state index contributed by atoms with van der Waals surface area (Å²) in [5.41, 5.74) is 1.14. The van der Waals surface area contributed by atoms with Crippen molar-refractivity contribution in [2.75, 3.05) is 23.2 Å². The lowest BCUT2D eigenvalue weighted by atomic mass is 10.3. The Kier molecular flexibility index (Phi) is 7.86. The van der Waals surface area contributed by atoms with Gasteiger partial charge in [0.2, 0.25) is 5.91 Å². The van der Waals surface area contributed by atoms with Crippen LogP contribution in [0.15, 0.2) is 29.2 Å². The zero-order valence-corrected chi connectivity index (χ0v) is 13.3. The molecule has 0 saturated heterocycles. The molecular formula is C11H13BF4N2O3S2-2. The predicted octanol–water partition coefficient (Wildman–Crippen LogP) is 2.20. The molecule has 0 fully saturated rings. The number of hydrogen-bond acceptors (Lipinski definition) is 5. The van der Waals surface area contributed by atoms with Gasteiger partial charge in [0.15, 0.2) is 0 Å². The molecule has 1 aliphatic heterocycles. The Morgan fingerprint density at radius 1 is 1.35 bits per heavy atom. The molecule has 1 atom stereocenters. The third-order valence-corrected chi connectivity index (χ3v) is 4.05. The summed E-state index contributed by atoms with van der Waals surface area (Å²) in [6.45, 7) is 0.599. The van der Waals surface area contributed by atoms with Gasteiger partial charge in [0.05, 0.1) is 17.4 Å². The Balaban J connectivity index is 0.000000463. The van der Waals surface area contributed by atoms with E-state index in [2.05, 4.69) is 16.3 Å². The Labute approximate surface area is 137 Å². The van der Waals surface area contributed by atoms with Crippen LogP contribution in [-0.4, -0.2) is 40.2 Å². The van der Waals surface area contributed by atoms with Gasteiger partial charge in [-0.3, -0.25) is 9.00 Å². The van der Waals surface area contributed by atoms with Gasteiger partial charge < -0.3 is 32.0 Å². The highest BCUT2D eigenvalue weighted by Gasteiger charge is 2.20. The molecule has 0 bridgehead atoms. The maximum Gasteiger partial charge on any atom is 0.673 e. The summed E-state index contributed by atoms with van der Waals surface area (Å²) in [4.78, 5) is 14.7. The van der Waals surface area contributed by atoms with Crippen LogP contribution < -0.4 is 10.2 Å². The van der Waals surface area contributed by atoms with Crippen LogP contribution in [0.4, 0.5) is 23.0 Å². The molecule has 1 aromatic rings. The molecular weight excluding hydrogens is 359 g/mol. The molecule has 23 heavy (non-hydrogen) atoms. The molecule has 0 aliphatic carbocycles. The third kappa shape index (κ3) is 8.81. The van der Waals surface area contributed by atoms with Crippen LogP contribution in [0.2, 0.25) is 0 Å². The Hall–Kier alpha value is -1.27. The molecule has 130 valence electrons. The SMILES string of the molecule is F[B-](F)(F)F.O=C(CCN1CSc2ccccc21)NCS(=O)[O-]. The molecule has 1 aromatic carbocycles. The van der Waals surface area contributed by atoms with Gasteiger partial charge in [-0.1, -0.05) is 12.1 Å². The standard InChI is InChI=1S/C11H14N2O3S2.BF4/c14-11(12-7-18(15)16)5-6-13-8-17-10-4-2-1-3-9(10)13;2-1(3,4)5/h1-4H,5-8H2,(H,12,14)(H,15,16);/q;-1/p-1. The van der Waals surface area contributed by atoms with Crippen molar-refractivity contribution in [3.8, 4) is 0 Å². The molecule has 5 nitrogen and oxygen atoms in total. The highest BCUT2D eigenvalue weighted by Crippen LogP contribution is 2.37. The first kappa shape index (κ1) is 19.8. The van der Waals surface area contributed by atoms with E-state index in [1.165, 1.54) is 4.90 Å². The highest BCUT2D eigenvalue weighted by molar-refractivity contribution is 7.99. The Morgan fingerprint density at radius 2 is 1.96 bits per heavy atom. The molecule has 1 N–H and O–H groups in total. The number of benzene rings is 1. The normalized spacial score (nSPS) is 14.6. The molecule has 1 heterocycles. The van der Waals surface area contributed by atoms with Crippen molar-refractivity contribution in [1.82, 2.24) is 5.32 Å². The number of anilines is 1. The van der Waals surface area contributed by atoms with Crippen LogP contribution in [0.1, 0.15) is 6.42 Å². The van der Waals surface area contributed by atoms with Crippen molar-refractivity contribution in [3.05, 3.63) is 24.3 Å². The van der Waals surface area contributed by atoms with E-state index in [1.807, 2.05) is 18.2 Å². The molecule has 1 amide bonds. The number of hydrogen-bond donors (Lipinski definition) is 1. The van der Waals surface area contributed by atoms with E-state index in [0.717, 1.165) is 11.6 Å². The maximum atomic E-state index is 11.4. The van der Waals surface area contributed by atoms with Crippen LogP contribution in [-0.2, 0) is 15.9 Å². The van der Waals surface area contributed by atoms with Crippen LogP contribution in [0.5, 0.6) is 0 Å². The first-order valence-electron chi connectivity index (χ1n) is 6.33. The van der Waals surface area contributed by atoms with Crippen molar-refractivity contribution in [2.45, 2.75) is 11.3 Å². The molecule has 0 saturated carbocycles. The van der Waals surface area contributed by atoms with Gasteiger partial charge in [-0.2, -0.15) is 0 Å². The fraction of sp³-hybridized carbons (Fsp3) is 0.364. The van der Waals surface area contributed by atoms with E-state index in [4.69, 9.17) is 0 Å². The largest absolute Gasteiger partial charge is 0.771 e.